The number of rotatable bonds is 4. The van der Waals surface area contributed by atoms with E-state index in [4.69, 9.17) is 0 Å². The van der Waals surface area contributed by atoms with Crippen LogP contribution in [0.25, 0.3) is 0 Å². The lowest BCUT2D eigenvalue weighted by Crippen LogP contribution is -2.59. The average molecular weight is 256 g/mol. The molecule has 0 aliphatic heterocycles. The van der Waals surface area contributed by atoms with Gasteiger partial charge >= 0.3 is 11.9 Å². The third kappa shape index (κ3) is 1.73. The van der Waals surface area contributed by atoms with Gasteiger partial charge in [0.15, 0.2) is 0 Å². The zero-order chi connectivity index (χ0) is 14.1. The molecular formula is C14H24O4. The van der Waals surface area contributed by atoms with Gasteiger partial charge in [0.1, 0.15) is 0 Å². The molecule has 18 heavy (non-hydrogen) atoms. The summed E-state index contributed by atoms with van der Waals surface area (Å²) in [6.07, 6.45) is 2.52. The van der Waals surface area contributed by atoms with Gasteiger partial charge in [0.05, 0.1) is 10.8 Å². The molecule has 2 atom stereocenters. The van der Waals surface area contributed by atoms with Crippen molar-refractivity contribution in [1.29, 1.82) is 0 Å². The number of aliphatic carboxylic acids is 2. The van der Waals surface area contributed by atoms with Crippen LogP contribution in [0.1, 0.15) is 53.4 Å². The first-order valence-corrected chi connectivity index (χ1v) is 6.70. The maximum absolute atomic E-state index is 11.9. The normalized spacial score (nSPS) is 32.8. The van der Waals surface area contributed by atoms with Crippen molar-refractivity contribution in [1.82, 2.24) is 0 Å². The van der Waals surface area contributed by atoms with Crippen molar-refractivity contribution in [3.8, 4) is 0 Å². The molecule has 1 aliphatic carbocycles. The van der Waals surface area contributed by atoms with Gasteiger partial charge < -0.3 is 10.2 Å². The van der Waals surface area contributed by atoms with Crippen LogP contribution in [0.15, 0.2) is 0 Å². The maximum Gasteiger partial charge on any atom is 0.311 e. The van der Waals surface area contributed by atoms with Crippen LogP contribution in [-0.2, 0) is 9.59 Å². The van der Waals surface area contributed by atoms with Crippen molar-refractivity contribution in [2.24, 2.45) is 22.7 Å². The number of hydrogen-bond donors (Lipinski definition) is 2. The van der Waals surface area contributed by atoms with E-state index < -0.39 is 22.8 Å². The SMILES string of the molecule is CC(C)C1(C(=O)O)CCCCC1(C(=O)O)C(C)C. The highest BCUT2D eigenvalue weighted by molar-refractivity contribution is 5.87. The van der Waals surface area contributed by atoms with Gasteiger partial charge in [-0.2, -0.15) is 0 Å². The van der Waals surface area contributed by atoms with E-state index in [1.54, 1.807) is 0 Å². The fraction of sp³-hybridized carbons (Fsp3) is 0.857. The third-order valence-electron chi connectivity index (χ3n) is 4.92. The quantitative estimate of drug-likeness (QED) is 0.810. The average Bonchev–Trinajstić information content (AvgIpc) is 2.27. The van der Waals surface area contributed by atoms with E-state index in [0.29, 0.717) is 12.8 Å². The highest BCUT2D eigenvalue weighted by atomic mass is 16.4. The van der Waals surface area contributed by atoms with Crippen LogP contribution < -0.4 is 0 Å². The molecule has 1 aliphatic rings. The monoisotopic (exact) mass is 256 g/mol. The van der Waals surface area contributed by atoms with Gasteiger partial charge in [0.2, 0.25) is 0 Å². The summed E-state index contributed by atoms with van der Waals surface area (Å²) in [6.45, 7) is 7.33. The molecule has 0 spiro atoms. The number of carboxylic acid groups (broad SMARTS) is 2. The second-order valence-electron chi connectivity index (χ2n) is 6.07. The van der Waals surface area contributed by atoms with Gasteiger partial charge in [0, 0.05) is 0 Å². The summed E-state index contributed by atoms with van der Waals surface area (Å²) in [6, 6.07) is 0. The maximum atomic E-state index is 11.9. The molecule has 2 unspecified atom stereocenters. The van der Waals surface area contributed by atoms with Crippen LogP contribution in [0, 0.1) is 22.7 Å². The molecule has 4 heteroatoms. The Morgan fingerprint density at radius 2 is 1.11 bits per heavy atom. The standard InChI is InChI=1S/C14H24O4/c1-9(2)13(11(15)16)7-5-6-8-14(13,10(3)4)12(17)18/h9-10H,5-8H2,1-4H3,(H,15,16)(H,17,18). The summed E-state index contributed by atoms with van der Waals surface area (Å²) in [4.78, 5) is 23.8. The molecule has 0 saturated heterocycles. The third-order valence-corrected chi connectivity index (χ3v) is 4.92. The van der Waals surface area contributed by atoms with Crippen molar-refractivity contribution in [2.75, 3.05) is 0 Å². The van der Waals surface area contributed by atoms with Crippen molar-refractivity contribution in [3.63, 3.8) is 0 Å². The molecule has 0 heterocycles. The lowest BCUT2D eigenvalue weighted by molar-refractivity contribution is -0.192. The van der Waals surface area contributed by atoms with Gasteiger partial charge in [-0.15, -0.1) is 0 Å². The molecular weight excluding hydrogens is 232 g/mol. The van der Waals surface area contributed by atoms with Crippen LogP contribution in [-0.4, -0.2) is 22.2 Å². The molecule has 4 nitrogen and oxygen atoms in total. The van der Waals surface area contributed by atoms with E-state index in [9.17, 15) is 19.8 Å². The number of carboxylic acids is 2. The highest BCUT2D eigenvalue weighted by Gasteiger charge is 2.64. The molecule has 0 bridgehead atoms. The summed E-state index contributed by atoms with van der Waals surface area (Å²) >= 11 is 0. The van der Waals surface area contributed by atoms with Crippen molar-refractivity contribution in [2.45, 2.75) is 53.4 Å². The van der Waals surface area contributed by atoms with Crippen molar-refractivity contribution < 1.29 is 19.8 Å². The molecule has 0 aromatic rings. The second-order valence-corrected chi connectivity index (χ2v) is 6.07. The van der Waals surface area contributed by atoms with Crippen LogP contribution in [0.2, 0.25) is 0 Å². The van der Waals surface area contributed by atoms with E-state index in [1.807, 2.05) is 27.7 Å². The molecule has 0 aromatic heterocycles. The predicted octanol–water partition coefficient (Wildman–Crippen LogP) is 3.01. The fourth-order valence-electron chi connectivity index (χ4n) is 3.95. The van der Waals surface area contributed by atoms with Gasteiger partial charge in [-0.3, -0.25) is 9.59 Å². The van der Waals surface area contributed by atoms with Crippen LogP contribution in [0.4, 0.5) is 0 Å². The molecule has 2 N–H and O–H groups in total. The Morgan fingerprint density at radius 1 is 0.833 bits per heavy atom. The highest BCUT2D eigenvalue weighted by Crippen LogP contribution is 2.59. The molecule has 1 fully saturated rings. The Labute approximate surface area is 108 Å². The minimum absolute atomic E-state index is 0.186. The molecule has 1 rings (SSSR count). The molecule has 0 amide bonds. The zero-order valence-corrected chi connectivity index (χ0v) is 11.7. The second kappa shape index (κ2) is 4.90. The first kappa shape index (κ1) is 15.0. The van der Waals surface area contributed by atoms with E-state index in [0.717, 1.165) is 12.8 Å². The summed E-state index contributed by atoms with van der Waals surface area (Å²) < 4.78 is 0. The van der Waals surface area contributed by atoms with Gasteiger partial charge in [0.25, 0.3) is 0 Å². The minimum atomic E-state index is -1.15. The minimum Gasteiger partial charge on any atom is -0.481 e. The first-order chi connectivity index (χ1) is 8.23. The van der Waals surface area contributed by atoms with Gasteiger partial charge in [-0.25, -0.2) is 0 Å². The van der Waals surface area contributed by atoms with Crippen LogP contribution in [0.3, 0.4) is 0 Å². The van der Waals surface area contributed by atoms with Gasteiger partial charge in [-0.1, -0.05) is 40.5 Å². The Kier molecular flexibility index (Phi) is 4.08. The summed E-state index contributed by atoms with van der Waals surface area (Å²) in [5.41, 5.74) is -2.30. The lowest BCUT2D eigenvalue weighted by Gasteiger charge is -2.53. The van der Waals surface area contributed by atoms with Crippen LogP contribution >= 0.6 is 0 Å². The lowest BCUT2D eigenvalue weighted by atomic mass is 9.48. The first-order valence-electron chi connectivity index (χ1n) is 6.70. The Bertz CT molecular complexity index is 314. The summed E-state index contributed by atoms with van der Waals surface area (Å²) in [7, 11) is 0. The topological polar surface area (TPSA) is 74.6 Å². The molecule has 104 valence electrons. The smallest absolute Gasteiger partial charge is 0.311 e. The predicted molar refractivity (Wildman–Crippen MR) is 68.3 cm³/mol. The Hall–Kier alpha value is -1.06. The zero-order valence-electron chi connectivity index (χ0n) is 11.7. The van der Waals surface area contributed by atoms with E-state index in [2.05, 4.69) is 0 Å². The molecule has 1 saturated carbocycles. The number of hydrogen-bond acceptors (Lipinski definition) is 2. The van der Waals surface area contributed by atoms with Crippen molar-refractivity contribution in [3.05, 3.63) is 0 Å². The summed E-state index contributed by atoms with van der Waals surface area (Å²) in [5.74, 6) is -2.27. The van der Waals surface area contributed by atoms with Gasteiger partial charge in [-0.05, 0) is 24.7 Å². The van der Waals surface area contributed by atoms with Crippen molar-refractivity contribution >= 4 is 11.9 Å². The van der Waals surface area contributed by atoms with E-state index >= 15 is 0 Å². The van der Waals surface area contributed by atoms with E-state index in [-0.39, 0.29) is 11.8 Å². The largest absolute Gasteiger partial charge is 0.481 e. The Morgan fingerprint density at radius 3 is 1.28 bits per heavy atom. The molecule has 0 radical (unpaired) electrons. The summed E-state index contributed by atoms with van der Waals surface area (Å²) in [5, 5.41) is 19.5. The van der Waals surface area contributed by atoms with E-state index in [1.165, 1.54) is 0 Å². The number of carbonyl (C=O) groups is 2. The molecule has 0 aromatic carbocycles. The van der Waals surface area contributed by atoms with Crippen LogP contribution in [0.5, 0.6) is 0 Å². The Balaban J connectivity index is 3.51. The fourth-order valence-corrected chi connectivity index (χ4v) is 3.95.